The number of hydrogen-bond acceptors (Lipinski definition) is 4. The highest BCUT2D eigenvalue weighted by Crippen LogP contribution is 2.22. The molecule has 0 aliphatic carbocycles. The monoisotopic (exact) mass is 304 g/mol. The smallest absolute Gasteiger partial charge is 0.320 e. The topological polar surface area (TPSA) is 80.0 Å². The van der Waals surface area contributed by atoms with Gasteiger partial charge in [-0.05, 0) is 36.0 Å². The molecule has 22 heavy (non-hydrogen) atoms. The molecule has 1 atom stereocenters. The summed E-state index contributed by atoms with van der Waals surface area (Å²) in [5.74, 6) is -0.801. The molecule has 6 nitrogen and oxygen atoms in total. The largest absolute Gasteiger partial charge is 0.480 e. The van der Waals surface area contributed by atoms with E-state index < -0.39 is 12.0 Å². The highest BCUT2D eigenvalue weighted by Gasteiger charge is 2.20. The normalized spacial score (nSPS) is 13.5. The van der Waals surface area contributed by atoms with Crippen LogP contribution in [0.4, 0.5) is 0 Å². The minimum atomic E-state index is -0.801. The first-order valence-electron chi connectivity index (χ1n) is 7.51. The molecule has 0 spiro atoms. The van der Waals surface area contributed by atoms with Crippen molar-refractivity contribution in [2.45, 2.75) is 46.2 Å². The van der Waals surface area contributed by atoms with Crippen LogP contribution in [0.1, 0.15) is 39.2 Å². The number of aryl methyl sites for hydroxylation is 1. The van der Waals surface area contributed by atoms with Gasteiger partial charge < -0.3 is 10.4 Å². The van der Waals surface area contributed by atoms with Crippen LogP contribution in [0.5, 0.6) is 0 Å². The van der Waals surface area contributed by atoms with Crippen LogP contribution >= 0.6 is 0 Å². The molecule has 2 aromatic rings. The van der Waals surface area contributed by atoms with E-state index in [2.05, 4.69) is 36.4 Å². The molecule has 0 aliphatic rings. The van der Waals surface area contributed by atoms with Gasteiger partial charge in [0.15, 0.2) is 0 Å². The second-order valence-electron chi connectivity index (χ2n) is 6.91. The molecule has 0 bridgehead atoms. The number of nitrogens with one attached hydrogen (secondary N) is 1. The van der Waals surface area contributed by atoms with Crippen molar-refractivity contribution in [2.24, 2.45) is 12.5 Å². The van der Waals surface area contributed by atoms with Crippen molar-refractivity contribution < 1.29 is 9.90 Å². The van der Waals surface area contributed by atoms with Crippen molar-refractivity contribution >= 4 is 17.0 Å². The number of fused-ring (bicyclic) bond motifs is 1. The molecule has 0 radical (unpaired) electrons. The van der Waals surface area contributed by atoms with Gasteiger partial charge in [-0.15, -0.1) is 5.10 Å². The van der Waals surface area contributed by atoms with Crippen LogP contribution in [0.2, 0.25) is 0 Å². The Morgan fingerprint density at radius 3 is 2.77 bits per heavy atom. The van der Waals surface area contributed by atoms with Gasteiger partial charge in [0, 0.05) is 13.6 Å². The van der Waals surface area contributed by atoms with Gasteiger partial charge in [0.05, 0.1) is 5.52 Å². The van der Waals surface area contributed by atoms with Crippen LogP contribution < -0.4 is 5.32 Å². The molecule has 0 aliphatic heterocycles. The lowest BCUT2D eigenvalue weighted by atomic mass is 9.88. The fourth-order valence-corrected chi connectivity index (χ4v) is 2.33. The maximum Gasteiger partial charge on any atom is 0.320 e. The van der Waals surface area contributed by atoms with Crippen molar-refractivity contribution in [3.8, 4) is 0 Å². The predicted molar refractivity (Wildman–Crippen MR) is 85.5 cm³/mol. The van der Waals surface area contributed by atoms with Gasteiger partial charge in [-0.2, -0.15) is 0 Å². The number of carbonyl (C=O) groups is 1. The predicted octanol–water partition coefficient (Wildman–Crippen LogP) is 2.34. The first-order chi connectivity index (χ1) is 10.3. The molecule has 0 fully saturated rings. The van der Waals surface area contributed by atoms with Gasteiger partial charge >= 0.3 is 5.97 Å². The van der Waals surface area contributed by atoms with Crippen LogP contribution in [0.3, 0.4) is 0 Å². The third-order valence-electron chi connectivity index (χ3n) is 3.71. The van der Waals surface area contributed by atoms with Crippen molar-refractivity contribution in [1.29, 1.82) is 0 Å². The Kier molecular flexibility index (Phi) is 4.81. The molecule has 0 saturated heterocycles. The third-order valence-corrected chi connectivity index (χ3v) is 3.71. The summed E-state index contributed by atoms with van der Waals surface area (Å²) in [6, 6.07) is 5.34. The molecule has 6 heteroatoms. The summed E-state index contributed by atoms with van der Waals surface area (Å²) in [5, 5.41) is 20.5. The quantitative estimate of drug-likeness (QED) is 0.856. The summed E-state index contributed by atoms with van der Waals surface area (Å²) in [6.07, 6.45) is 1.48. The number of carboxylic acids is 1. The highest BCUT2D eigenvalue weighted by molar-refractivity contribution is 5.75. The Morgan fingerprint density at radius 1 is 1.41 bits per heavy atom. The molecular weight excluding hydrogens is 280 g/mol. The van der Waals surface area contributed by atoms with E-state index in [0.717, 1.165) is 23.0 Å². The minimum Gasteiger partial charge on any atom is -0.480 e. The molecule has 1 heterocycles. The van der Waals surface area contributed by atoms with Crippen molar-refractivity contribution in [2.75, 3.05) is 0 Å². The van der Waals surface area contributed by atoms with E-state index in [1.807, 2.05) is 25.2 Å². The SMILES string of the molecule is Cn1nnc2cc(CN[C@@H](CCC(C)(C)C)C(=O)O)ccc21. The molecule has 0 saturated carbocycles. The van der Waals surface area contributed by atoms with Gasteiger partial charge in [-0.1, -0.05) is 32.1 Å². The fraction of sp³-hybridized carbons (Fsp3) is 0.562. The lowest BCUT2D eigenvalue weighted by molar-refractivity contribution is -0.139. The second-order valence-corrected chi connectivity index (χ2v) is 6.91. The molecule has 2 rings (SSSR count). The van der Waals surface area contributed by atoms with Gasteiger partial charge in [0.1, 0.15) is 11.6 Å². The first kappa shape index (κ1) is 16.4. The van der Waals surface area contributed by atoms with E-state index >= 15 is 0 Å². The number of nitrogens with zero attached hydrogens (tertiary/aromatic N) is 3. The van der Waals surface area contributed by atoms with E-state index in [0.29, 0.717) is 13.0 Å². The zero-order valence-corrected chi connectivity index (χ0v) is 13.6. The van der Waals surface area contributed by atoms with Crippen molar-refractivity contribution in [1.82, 2.24) is 20.3 Å². The lowest BCUT2D eigenvalue weighted by Gasteiger charge is -2.21. The zero-order valence-electron chi connectivity index (χ0n) is 13.6. The Labute approximate surface area is 130 Å². The maximum atomic E-state index is 11.4. The number of aromatic nitrogens is 3. The van der Waals surface area contributed by atoms with E-state index in [1.165, 1.54) is 0 Å². The number of aliphatic carboxylic acids is 1. The third kappa shape index (κ3) is 4.27. The van der Waals surface area contributed by atoms with E-state index in [1.54, 1.807) is 4.68 Å². The Balaban J connectivity index is 1.99. The molecule has 1 aromatic heterocycles. The van der Waals surface area contributed by atoms with Crippen LogP contribution in [0.25, 0.3) is 11.0 Å². The second kappa shape index (κ2) is 6.44. The summed E-state index contributed by atoms with van der Waals surface area (Å²) < 4.78 is 1.72. The van der Waals surface area contributed by atoms with Gasteiger partial charge in [-0.25, -0.2) is 4.68 Å². The summed E-state index contributed by atoms with van der Waals surface area (Å²) >= 11 is 0. The van der Waals surface area contributed by atoms with Crippen LogP contribution in [-0.4, -0.2) is 32.1 Å². The van der Waals surface area contributed by atoms with E-state index in [-0.39, 0.29) is 5.41 Å². The van der Waals surface area contributed by atoms with Crippen LogP contribution in [-0.2, 0) is 18.4 Å². The maximum absolute atomic E-state index is 11.4. The lowest BCUT2D eigenvalue weighted by Crippen LogP contribution is -2.37. The number of hydrogen-bond donors (Lipinski definition) is 2. The zero-order chi connectivity index (χ0) is 16.3. The highest BCUT2D eigenvalue weighted by atomic mass is 16.4. The fourth-order valence-electron chi connectivity index (χ4n) is 2.33. The summed E-state index contributed by atoms with van der Waals surface area (Å²) in [7, 11) is 1.85. The summed E-state index contributed by atoms with van der Waals surface area (Å²) in [4.78, 5) is 11.4. The van der Waals surface area contributed by atoms with Crippen LogP contribution in [0.15, 0.2) is 18.2 Å². The average molecular weight is 304 g/mol. The molecule has 120 valence electrons. The molecule has 2 N–H and O–H groups in total. The number of rotatable bonds is 6. The molecule has 0 unspecified atom stereocenters. The molecular formula is C16H24N4O2. The standard InChI is InChI=1S/C16H24N4O2/c1-16(2,3)8-7-12(15(21)22)17-10-11-5-6-14-13(9-11)18-19-20(14)4/h5-6,9,12,17H,7-8,10H2,1-4H3,(H,21,22)/t12-/m0/s1. The van der Waals surface area contributed by atoms with Gasteiger partial charge in [0.2, 0.25) is 0 Å². The van der Waals surface area contributed by atoms with E-state index in [4.69, 9.17) is 0 Å². The minimum absolute atomic E-state index is 0.133. The summed E-state index contributed by atoms with van der Waals surface area (Å²) in [6.45, 7) is 6.86. The Hall–Kier alpha value is -1.95. The molecule has 0 amide bonds. The number of carboxylic acid groups (broad SMARTS) is 1. The van der Waals surface area contributed by atoms with E-state index in [9.17, 15) is 9.90 Å². The Bertz CT molecular complexity index is 658. The average Bonchev–Trinajstić information content (AvgIpc) is 2.78. The van der Waals surface area contributed by atoms with Crippen molar-refractivity contribution in [3.05, 3.63) is 23.8 Å². The summed E-state index contributed by atoms with van der Waals surface area (Å²) in [5.41, 5.74) is 2.93. The van der Waals surface area contributed by atoms with Crippen molar-refractivity contribution in [3.63, 3.8) is 0 Å². The van der Waals surface area contributed by atoms with Gasteiger partial charge in [0.25, 0.3) is 0 Å². The van der Waals surface area contributed by atoms with Gasteiger partial charge in [-0.3, -0.25) is 4.79 Å². The molecule has 1 aromatic carbocycles. The Morgan fingerprint density at radius 2 is 2.14 bits per heavy atom. The van der Waals surface area contributed by atoms with Crippen LogP contribution in [0, 0.1) is 5.41 Å². The first-order valence-corrected chi connectivity index (χ1v) is 7.51. The number of benzene rings is 1.